The van der Waals surface area contributed by atoms with Crippen molar-refractivity contribution in [3.05, 3.63) is 48.6 Å². The lowest BCUT2D eigenvalue weighted by Crippen LogP contribution is -1.93. The van der Waals surface area contributed by atoms with Crippen LogP contribution in [0.25, 0.3) is 16.4 Å². The number of nitrogens with zero attached hydrogens (tertiary/aromatic N) is 4. The smallest absolute Gasteiger partial charge is 0.195 e. The lowest BCUT2D eigenvalue weighted by Gasteiger charge is -2.03. The third kappa shape index (κ3) is 1.51. The van der Waals surface area contributed by atoms with E-state index in [-0.39, 0.29) is 0 Å². The molecule has 0 radical (unpaired) electrons. The van der Waals surface area contributed by atoms with E-state index in [0.717, 1.165) is 16.4 Å². The monoisotopic (exact) mass is 228 g/mol. The van der Waals surface area contributed by atoms with Crippen LogP contribution in [0.3, 0.4) is 0 Å². The van der Waals surface area contributed by atoms with Gasteiger partial charge in [-0.3, -0.25) is 9.55 Å². The molecular weight excluding hydrogens is 220 g/mol. The Bertz CT molecular complexity index is 571. The third-order valence-corrected chi connectivity index (χ3v) is 2.99. The lowest BCUT2D eigenvalue weighted by atomic mass is 10.2. The molecule has 0 unspecified atom stereocenters. The molecule has 0 N–H and O–H groups in total. The van der Waals surface area contributed by atoms with Crippen molar-refractivity contribution in [1.82, 2.24) is 19.5 Å². The Labute approximate surface area is 96.3 Å². The van der Waals surface area contributed by atoms with E-state index in [1.54, 1.807) is 30.1 Å². The first-order valence-corrected chi connectivity index (χ1v) is 5.66. The van der Waals surface area contributed by atoms with Gasteiger partial charge in [-0.05, 0) is 12.1 Å². The van der Waals surface area contributed by atoms with Crippen LogP contribution >= 0.6 is 11.3 Å². The molecule has 3 heterocycles. The van der Waals surface area contributed by atoms with Gasteiger partial charge in [-0.1, -0.05) is 0 Å². The van der Waals surface area contributed by atoms with Crippen molar-refractivity contribution in [1.29, 1.82) is 0 Å². The topological polar surface area (TPSA) is 43.6 Å². The maximum absolute atomic E-state index is 4.27. The summed E-state index contributed by atoms with van der Waals surface area (Å²) in [7, 11) is 0. The molecule has 4 nitrogen and oxygen atoms in total. The molecule has 3 rings (SSSR count). The minimum Gasteiger partial charge on any atom is -0.274 e. The average Bonchev–Trinajstić information content (AvgIpc) is 3.01. The lowest BCUT2D eigenvalue weighted by molar-refractivity contribution is 1.04. The van der Waals surface area contributed by atoms with Gasteiger partial charge in [0.25, 0.3) is 0 Å². The van der Waals surface area contributed by atoms with E-state index in [0.29, 0.717) is 0 Å². The molecule has 0 aromatic carbocycles. The summed E-state index contributed by atoms with van der Waals surface area (Å²) in [5, 5.41) is 2.86. The second kappa shape index (κ2) is 3.86. The summed E-state index contributed by atoms with van der Waals surface area (Å²) < 4.78 is 1.96. The number of pyridine rings is 1. The zero-order valence-electron chi connectivity index (χ0n) is 8.32. The minimum absolute atomic E-state index is 0.913. The molecule has 0 amide bonds. The summed E-state index contributed by atoms with van der Waals surface area (Å²) >= 11 is 1.58. The van der Waals surface area contributed by atoms with Gasteiger partial charge in [-0.2, -0.15) is 0 Å². The van der Waals surface area contributed by atoms with Crippen LogP contribution in [0, 0.1) is 0 Å². The number of imidazole rings is 1. The highest BCUT2D eigenvalue weighted by Gasteiger charge is 2.07. The number of hydrogen-bond acceptors (Lipinski definition) is 4. The number of rotatable bonds is 2. The summed E-state index contributed by atoms with van der Waals surface area (Å²) in [6, 6.07) is 3.92. The fourth-order valence-corrected chi connectivity index (χ4v) is 2.13. The number of thiazole rings is 1. The van der Waals surface area contributed by atoms with E-state index >= 15 is 0 Å². The summed E-state index contributed by atoms with van der Waals surface area (Å²) in [5.74, 6) is 0. The average molecular weight is 228 g/mol. The van der Waals surface area contributed by atoms with Crippen LogP contribution in [0.2, 0.25) is 0 Å². The van der Waals surface area contributed by atoms with E-state index < -0.39 is 0 Å². The van der Waals surface area contributed by atoms with Gasteiger partial charge in [0, 0.05) is 29.5 Å². The fraction of sp³-hybridized carbons (Fsp3) is 0. The van der Waals surface area contributed by atoms with Gasteiger partial charge in [0.2, 0.25) is 0 Å². The Kier molecular flexibility index (Phi) is 2.23. The van der Waals surface area contributed by atoms with E-state index in [4.69, 9.17) is 0 Å². The quantitative estimate of drug-likeness (QED) is 0.676. The summed E-state index contributed by atoms with van der Waals surface area (Å²) in [5.41, 5.74) is 2.04. The van der Waals surface area contributed by atoms with Crippen molar-refractivity contribution >= 4 is 11.3 Å². The summed E-state index contributed by atoms with van der Waals surface area (Å²) in [4.78, 5) is 12.5. The zero-order chi connectivity index (χ0) is 10.8. The molecule has 16 heavy (non-hydrogen) atoms. The van der Waals surface area contributed by atoms with Crippen molar-refractivity contribution in [2.45, 2.75) is 0 Å². The normalized spacial score (nSPS) is 10.5. The Morgan fingerprint density at radius 2 is 2.12 bits per heavy atom. The highest BCUT2D eigenvalue weighted by Crippen LogP contribution is 2.22. The van der Waals surface area contributed by atoms with E-state index in [2.05, 4.69) is 15.0 Å². The highest BCUT2D eigenvalue weighted by molar-refractivity contribution is 7.12. The number of hydrogen-bond donors (Lipinski definition) is 0. The van der Waals surface area contributed by atoms with Gasteiger partial charge in [0.1, 0.15) is 6.33 Å². The van der Waals surface area contributed by atoms with Crippen molar-refractivity contribution in [3.8, 4) is 16.4 Å². The van der Waals surface area contributed by atoms with E-state index in [1.165, 1.54) is 0 Å². The molecule has 0 aliphatic carbocycles. The van der Waals surface area contributed by atoms with Crippen LogP contribution in [0.4, 0.5) is 0 Å². The summed E-state index contributed by atoms with van der Waals surface area (Å²) in [6.07, 6.45) is 8.95. The molecular formula is C11H8N4S. The first kappa shape index (κ1) is 9.23. The van der Waals surface area contributed by atoms with Gasteiger partial charge in [0.15, 0.2) is 5.13 Å². The molecule has 0 spiro atoms. The van der Waals surface area contributed by atoms with Crippen molar-refractivity contribution in [2.24, 2.45) is 0 Å². The van der Waals surface area contributed by atoms with Crippen molar-refractivity contribution in [2.75, 3.05) is 0 Å². The van der Waals surface area contributed by atoms with E-state index in [1.807, 2.05) is 34.5 Å². The fourth-order valence-electron chi connectivity index (χ4n) is 1.51. The minimum atomic E-state index is 0.913. The molecule has 0 saturated carbocycles. The van der Waals surface area contributed by atoms with Crippen LogP contribution < -0.4 is 0 Å². The Hall–Kier alpha value is -2.01. The maximum atomic E-state index is 4.27. The first-order chi connectivity index (χ1) is 7.95. The Morgan fingerprint density at radius 3 is 2.88 bits per heavy atom. The van der Waals surface area contributed by atoms with Crippen LogP contribution in [0.5, 0.6) is 0 Å². The molecule has 78 valence electrons. The van der Waals surface area contributed by atoms with Crippen molar-refractivity contribution < 1.29 is 0 Å². The first-order valence-electron chi connectivity index (χ1n) is 4.78. The Balaban J connectivity index is 2.14. The largest absolute Gasteiger partial charge is 0.274 e. The van der Waals surface area contributed by atoms with Gasteiger partial charge in [-0.25, -0.2) is 9.97 Å². The number of aromatic nitrogens is 4. The predicted molar refractivity (Wildman–Crippen MR) is 62.5 cm³/mol. The molecule has 0 fully saturated rings. The van der Waals surface area contributed by atoms with Crippen molar-refractivity contribution in [3.63, 3.8) is 0 Å². The molecule has 3 aromatic heterocycles. The Morgan fingerprint density at radius 1 is 1.12 bits per heavy atom. The van der Waals surface area contributed by atoms with Crippen LogP contribution in [0.1, 0.15) is 0 Å². The molecule has 0 atom stereocenters. The van der Waals surface area contributed by atoms with Crippen LogP contribution in [0.15, 0.2) is 48.6 Å². The molecule has 5 heteroatoms. The second-order valence-corrected chi connectivity index (χ2v) is 4.08. The standard InChI is InChI=1S/C11H8N4S/c1-2-9(6-12-3-1)10-7-13-8-15(10)11-14-4-5-16-11/h1-8H. The van der Waals surface area contributed by atoms with Gasteiger partial charge in [-0.15, -0.1) is 11.3 Å². The zero-order valence-corrected chi connectivity index (χ0v) is 9.13. The SMILES string of the molecule is c1cncc(-c2cncn2-c2nccs2)c1. The van der Waals surface area contributed by atoms with Gasteiger partial charge in [0.05, 0.1) is 11.9 Å². The van der Waals surface area contributed by atoms with Gasteiger partial charge >= 0.3 is 0 Å². The summed E-state index contributed by atoms with van der Waals surface area (Å²) in [6.45, 7) is 0. The molecule has 0 aliphatic heterocycles. The predicted octanol–water partition coefficient (Wildman–Crippen LogP) is 2.39. The molecule has 0 saturated heterocycles. The van der Waals surface area contributed by atoms with E-state index in [9.17, 15) is 0 Å². The second-order valence-electron chi connectivity index (χ2n) is 3.21. The van der Waals surface area contributed by atoms with Crippen LogP contribution in [-0.4, -0.2) is 19.5 Å². The van der Waals surface area contributed by atoms with Crippen LogP contribution in [-0.2, 0) is 0 Å². The molecule has 0 bridgehead atoms. The molecule has 3 aromatic rings. The third-order valence-electron chi connectivity index (χ3n) is 2.22. The highest BCUT2D eigenvalue weighted by atomic mass is 32.1. The van der Waals surface area contributed by atoms with Gasteiger partial charge < -0.3 is 0 Å². The molecule has 0 aliphatic rings. The maximum Gasteiger partial charge on any atom is 0.195 e.